The Morgan fingerprint density at radius 1 is 1.00 bits per heavy atom. The summed E-state index contributed by atoms with van der Waals surface area (Å²) in [5.74, 6) is -0.0688. The molecule has 1 fully saturated rings. The molecular weight excluding hydrogens is 406 g/mol. The van der Waals surface area contributed by atoms with Gasteiger partial charge in [0.25, 0.3) is 11.8 Å². The van der Waals surface area contributed by atoms with Gasteiger partial charge < -0.3 is 20.2 Å². The molecule has 0 bridgehead atoms. The summed E-state index contributed by atoms with van der Waals surface area (Å²) < 4.78 is 0. The molecule has 0 radical (unpaired) electrons. The molecule has 1 saturated heterocycles. The van der Waals surface area contributed by atoms with Gasteiger partial charge in [-0.15, -0.1) is 0 Å². The number of rotatable bonds is 3. The van der Waals surface area contributed by atoms with Crippen LogP contribution in [-0.4, -0.2) is 63.1 Å². The van der Waals surface area contributed by atoms with Crippen molar-refractivity contribution in [1.82, 2.24) is 25.3 Å². The number of aromatic amines is 1. The van der Waals surface area contributed by atoms with Crippen LogP contribution in [0.3, 0.4) is 0 Å². The molecule has 1 aromatic heterocycles. The van der Waals surface area contributed by atoms with E-state index in [2.05, 4.69) is 15.5 Å². The lowest BCUT2D eigenvalue weighted by Gasteiger charge is -2.27. The van der Waals surface area contributed by atoms with Crippen molar-refractivity contribution in [3.63, 3.8) is 0 Å². The highest BCUT2D eigenvalue weighted by molar-refractivity contribution is 6.01. The van der Waals surface area contributed by atoms with Crippen LogP contribution in [0.15, 0.2) is 30.3 Å². The van der Waals surface area contributed by atoms with Gasteiger partial charge >= 0.3 is 0 Å². The van der Waals surface area contributed by atoms with Gasteiger partial charge in [-0.25, -0.2) is 0 Å². The molecule has 2 aliphatic heterocycles. The summed E-state index contributed by atoms with van der Waals surface area (Å²) in [7, 11) is 0. The summed E-state index contributed by atoms with van der Waals surface area (Å²) >= 11 is 0. The van der Waals surface area contributed by atoms with E-state index >= 15 is 0 Å². The van der Waals surface area contributed by atoms with Crippen LogP contribution in [0.5, 0.6) is 5.75 Å². The van der Waals surface area contributed by atoms with Crippen molar-refractivity contribution >= 4 is 22.7 Å². The number of hydrogen-bond acceptors (Lipinski definition) is 5. The second-order valence-electron chi connectivity index (χ2n) is 8.87. The van der Waals surface area contributed by atoms with Crippen LogP contribution in [-0.2, 0) is 13.1 Å². The highest BCUT2D eigenvalue weighted by atomic mass is 16.3. The van der Waals surface area contributed by atoms with Crippen LogP contribution in [0.1, 0.15) is 57.3 Å². The van der Waals surface area contributed by atoms with Gasteiger partial charge in [-0.05, 0) is 35.2 Å². The van der Waals surface area contributed by atoms with Crippen LogP contribution in [0.25, 0.3) is 10.9 Å². The van der Waals surface area contributed by atoms with Crippen molar-refractivity contribution in [1.29, 1.82) is 0 Å². The smallest absolute Gasteiger partial charge is 0.258 e. The van der Waals surface area contributed by atoms with Gasteiger partial charge in [-0.1, -0.05) is 19.9 Å². The minimum atomic E-state index is -0.230. The fourth-order valence-corrected chi connectivity index (χ4v) is 4.58. The van der Waals surface area contributed by atoms with Crippen molar-refractivity contribution in [2.75, 3.05) is 26.2 Å². The predicted octanol–water partition coefficient (Wildman–Crippen LogP) is 2.59. The number of phenols is 1. The zero-order valence-corrected chi connectivity index (χ0v) is 18.3. The molecule has 2 aromatic carbocycles. The molecule has 3 N–H and O–H groups in total. The van der Waals surface area contributed by atoms with E-state index in [9.17, 15) is 14.7 Å². The Morgan fingerprint density at radius 2 is 1.75 bits per heavy atom. The maximum Gasteiger partial charge on any atom is 0.258 e. The predicted molar refractivity (Wildman–Crippen MR) is 121 cm³/mol. The molecule has 32 heavy (non-hydrogen) atoms. The maximum atomic E-state index is 13.3. The summed E-state index contributed by atoms with van der Waals surface area (Å²) in [6.45, 7) is 7.97. The second-order valence-corrected chi connectivity index (χ2v) is 8.87. The Morgan fingerprint density at radius 3 is 2.50 bits per heavy atom. The first kappa shape index (κ1) is 20.5. The van der Waals surface area contributed by atoms with Crippen molar-refractivity contribution in [3.8, 4) is 5.75 Å². The number of carbonyl (C=O) groups excluding carboxylic acids is 2. The lowest BCUT2D eigenvalue weighted by Crippen LogP contribution is -2.46. The molecule has 0 unspecified atom stereocenters. The third kappa shape index (κ3) is 3.50. The molecule has 0 spiro atoms. The third-order valence-electron chi connectivity index (χ3n) is 6.35. The minimum absolute atomic E-state index is 0.0309. The van der Waals surface area contributed by atoms with E-state index in [-0.39, 0.29) is 29.0 Å². The SMILES string of the molecule is CC(C)c1n[nH]c2cc(O)c(C(=O)N3Cc4ccc(C(=O)N5CCNCC5)cc4C3)cc12. The first-order valence-corrected chi connectivity index (χ1v) is 11.0. The molecule has 8 heteroatoms. The molecule has 166 valence electrons. The Balaban J connectivity index is 1.39. The number of aromatic nitrogens is 2. The molecule has 5 rings (SSSR count). The summed E-state index contributed by atoms with van der Waals surface area (Å²) in [4.78, 5) is 29.7. The fourth-order valence-electron chi connectivity index (χ4n) is 4.58. The topological polar surface area (TPSA) is 102 Å². The zero-order valence-electron chi connectivity index (χ0n) is 18.3. The highest BCUT2D eigenvalue weighted by Gasteiger charge is 2.28. The van der Waals surface area contributed by atoms with Crippen molar-refractivity contribution in [3.05, 3.63) is 58.3 Å². The van der Waals surface area contributed by atoms with Crippen LogP contribution in [0.2, 0.25) is 0 Å². The number of benzene rings is 2. The van der Waals surface area contributed by atoms with E-state index in [4.69, 9.17) is 0 Å². The van der Waals surface area contributed by atoms with Gasteiger partial charge in [0.1, 0.15) is 5.75 Å². The summed E-state index contributed by atoms with van der Waals surface area (Å²) in [6, 6.07) is 8.99. The van der Waals surface area contributed by atoms with E-state index in [0.717, 1.165) is 35.3 Å². The number of nitrogens with one attached hydrogen (secondary N) is 2. The Hall–Kier alpha value is -3.39. The van der Waals surface area contributed by atoms with Gasteiger partial charge in [0.2, 0.25) is 0 Å². The van der Waals surface area contributed by atoms with E-state index in [1.54, 1.807) is 17.0 Å². The quantitative estimate of drug-likeness (QED) is 0.589. The van der Waals surface area contributed by atoms with Crippen molar-refractivity contribution in [2.24, 2.45) is 0 Å². The number of carbonyl (C=O) groups is 2. The third-order valence-corrected chi connectivity index (χ3v) is 6.35. The largest absolute Gasteiger partial charge is 0.507 e. The van der Waals surface area contributed by atoms with Gasteiger partial charge in [-0.3, -0.25) is 14.7 Å². The number of aromatic hydroxyl groups is 1. The lowest BCUT2D eigenvalue weighted by atomic mass is 10.0. The number of fused-ring (bicyclic) bond motifs is 2. The molecule has 0 aliphatic carbocycles. The van der Waals surface area contributed by atoms with E-state index in [1.807, 2.05) is 36.9 Å². The molecule has 8 nitrogen and oxygen atoms in total. The number of hydrogen-bond donors (Lipinski definition) is 3. The molecule has 3 heterocycles. The number of amides is 2. The first-order chi connectivity index (χ1) is 15.4. The first-order valence-electron chi connectivity index (χ1n) is 11.0. The number of H-pyrrole nitrogens is 1. The average molecular weight is 434 g/mol. The van der Waals surface area contributed by atoms with E-state index in [0.29, 0.717) is 37.3 Å². The monoisotopic (exact) mass is 433 g/mol. The van der Waals surface area contributed by atoms with Gasteiger partial charge in [-0.2, -0.15) is 5.10 Å². The minimum Gasteiger partial charge on any atom is -0.507 e. The summed E-state index contributed by atoms with van der Waals surface area (Å²) in [6.07, 6.45) is 0. The van der Waals surface area contributed by atoms with Gasteiger partial charge in [0.05, 0.1) is 16.8 Å². The standard InChI is InChI=1S/C24H27N5O3/c1-14(2)22-18-10-19(21(30)11-20(18)26-27-22)24(32)29-12-16-4-3-15(9-17(16)13-29)23(31)28-7-5-25-6-8-28/h3-4,9-11,14,25,30H,5-8,12-13H2,1-2H3,(H,26,27). The summed E-state index contributed by atoms with van der Waals surface area (Å²) in [5.41, 5.74) is 4.52. The maximum absolute atomic E-state index is 13.3. The molecule has 0 atom stereocenters. The van der Waals surface area contributed by atoms with Crippen LogP contribution >= 0.6 is 0 Å². The number of piperazine rings is 1. The van der Waals surface area contributed by atoms with Crippen LogP contribution in [0, 0.1) is 0 Å². The van der Waals surface area contributed by atoms with Gasteiger partial charge in [0, 0.05) is 56.3 Å². The summed E-state index contributed by atoms with van der Waals surface area (Å²) in [5, 5.41) is 21.9. The van der Waals surface area contributed by atoms with Crippen LogP contribution in [0.4, 0.5) is 0 Å². The van der Waals surface area contributed by atoms with E-state index in [1.165, 1.54) is 0 Å². The molecule has 2 aliphatic rings. The van der Waals surface area contributed by atoms with Gasteiger partial charge in [0.15, 0.2) is 0 Å². The fraction of sp³-hybridized carbons (Fsp3) is 0.375. The second kappa shape index (κ2) is 7.94. The Labute approximate surface area is 186 Å². The van der Waals surface area contributed by atoms with E-state index < -0.39 is 0 Å². The molecular formula is C24H27N5O3. The van der Waals surface area contributed by atoms with Crippen LogP contribution < -0.4 is 5.32 Å². The number of nitrogens with zero attached hydrogens (tertiary/aromatic N) is 3. The average Bonchev–Trinajstić information content (AvgIpc) is 3.41. The highest BCUT2D eigenvalue weighted by Crippen LogP contribution is 2.32. The molecule has 2 amide bonds. The van der Waals surface area contributed by atoms with Crippen molar-refractivity contribution in [2.45, 2.75) is 32.9 Å². The Kier molecular flexibility index (Phi) is 5.09. The number of phenolic OH excluding ortho intramolecular Hbond substituents is 1. The van der Waals surface area contributed by atoms with Crippen molar-refractivity contribution < 1.29 is 14.7 Å². The Bertz CT molecular complexity index is 1210. The molecule has 0 saturated carbocycles. The lowest BCUT2D eigenvalue weighted by molar-refractivity contribution is 0.0734. The zero-order chi connectivity index (χ0) is 22.4. The molecule has 3 aromatic rings. The normalized spacial score (nSPS) is 16.1.